The fourth-order valence-electron chi connectivity index (χ4n) is 2.34. The number of hydrogen-bond acceptors (Lipinski definition) is 4. The molecule has 0 bridgehead atoms. The second-order valence-corrected chi connectivity index (χ2v) is 5.98. The Labute approximate surface area is 159 Å². The minimum absolute atomic E-state index is 0.110. The van der Waals surface area contributed by atoms with E-state index in [-0.39, 0.29) is 11.7 Å². The number of halogens is 3. The van der Waals surface area contributed by atoms with Crippen LogP contribution in [0.1, 0.15) is 40.1 Å². The lowest BCUT2D eigenvalue weighted by molar-refractivity contribution is -0.137. The van der Waals surface area contributed by atoms with Crippen LogP contribution in [0.25, 0.3) is 0 Å². The van der Waals surface area contributed by atoms with Crippen molar-refractivity contribution >= 4 is 11.8 Å². The highest BCUT2D eigenvalue weighted by Crippen LogP contribution is 2.32. The van der Waals surface area contributed by atoms with E-state index in [1.54, 1.807) is 0 Å². The number of nitrogens with one attached hydrogen (secondary N) is 2. The number of carbonyl (C=O) groups is 2. The van der Waals surface area contributed by atoms with E-state index in [4.69, 9.17) is 9.47 Å². The van der Waals surface area contributed by atoms with E-state index in [9.17, 15) is 22.8 Å². The number of methoxy groups -OCH3 is 1. The SMILES string of the molecule is COc1cc(C(=O)NNC(=O)c2ccccc2C(F)(F)F)ccc1OC(C)C. The van der Waals surface area contributed by atoms with Gasteiger partial charge < -0.3 is 9.47 Å². The first-order valence-corrected chi connectivity index (χ1v) is 8.25. The molecule has 2 aromatic carbocycles. The summed E-state index contributed by atoms with van der Waals surface area (Å²) >= 11 is 0. The maximum Gasteiger partial charge on any atom is 0.417 e. The molecule has 6 nitrogen and oxygen atoms in total. The highest BCUT2D eigenvalue weighted by Gasteiger charge is 2.34. The number of ether oxygens (including phenoxy) is 2. The van der Waals surface area contributed by atoms with Crippen LogP contribution in [0.3, 0.4) is 0 Å². The molecule has 0 aromatic heterocycles. The molecular weight excluding hydrogens is 377 g/mol. The van der Waals surface area contributed by atoms with Crippen molar-refractivity contribution < 1.29 is 32.2 Å². The molecule has 150 valence electrons. The standard InChI is InChI=1S/C19H19F3N2O4/c1-11(2)28-15-9-8-12(10-16(15)27-3)17(25)23-24-18(26)13-6-4-5-7-14(13)19(20,21)22/h4-11H,1-3H3,(H,23,25)(H,24,26). The Morgan fingerprint density at radius 2 is 1.61 bits per heavy atom. The van der Waals surface area contributed by atoms with Gasteiger partial charge in [0.1, 0.15) is 0 Å². The lowest BCUT2D eigenvalue weighted by atomic mass is 10.1. The van der Waals surface area contributed by atoms with Crippen molar-refractivity contribution in [2.75, 3.05) is 7.11 Å². The molecule has 0 saturated carbocycles. The Hall–Kier alpha value is -3.23. The zero-order valence-corrected chi connectivity index (χ0v) is 15.4. The first kappa shape index (κ1) is 21.1. The summed E-state index contributed by atoms with van der Waals surface area (Å²) in [6, 6.07) is 8.62. The Kier molecular flexibility index (Phi) is 6.50. The van der Waals surface area contributed by atoms with Crippen LogP contribution in [0.4, 0.5) is 13.2 Å². The Morgan fingerprint density at radius 1 is 0.964 bits per heavy atom. The highest BCUT2D eigenvalue weighted by atomic mass is 19.4. The summed E-state index contributed by atoms with van der Waals surface area (Å²) in [5, 5.41) is 0. The van der Waals surface area contributed by atoms with Gasteiger partial charge in [0.05, 0.1) is 24.3 Å². The predicted molar refractivity (Wildman–Crippen MR) is 95.1 cm³/mol. The number of carbonyl (C=O) groups excluding carboxylic acids is 2. The van der Waals surface area contributed by atoms with Gasteiger partial charge in [-0.2, -0.15) is 13.2 Å². The van der Waals surface area contributed by atoms with E-state index in [0.717, 1.165) is 12.1 Å². The van der Waals surface area contributed by atoms with Gasteiger partial charge in [-0.15, -0.1) is 0 Å². The van der Waals surface area contributed by atoms with Crippen LogP contribution < -0.4 is 20.3 Å². The van der Waals surface area contributed by atoms with Crippen LogP contribution in [-0.4, -0.2) is 25.0 Å². The van der Waals surface area contributed by atoms with Crippen molar-refractivity contribution in [3.05, 3.63) is 59.2 Å². The average molecular weight is 396 g/mol. The van der Waals surface area contributed by atoms with E-state index in [2.05, 4.69) is 5.43 Å². The molecule has 28 heavy (non-hydrogen) atoms. The fourth-order valence-corrected chi connectivity index (χ4v) is 2.34. The molecule has 0 saturated heterocycles. The molecule has 0 heterocycles. The number of benzene rings is 2. The highest BCUT2D eigenvalue weighted by molar-refractivity contribution is 6.00. The van der Waals surface area contributed by atoms with Gasteiger partial charge in [0, 0.05) is 5.56 Å². The largest absolute Gasteiger partial charge is 0.493 e. The van der Waals surface area contributed by atoms with Gasteiger partial charge in [0.25, 0.3) is 11.8 Å². The summed E-state index contributed by atoms with van der Waals surface area (Å²) in [5.41, 5.74) is 2.49. The van der Waals surface area contributed by atoms with Gasteiger partial charge >= 0.3 is 6.18 Å². The number of hydrogen-bond donors (Lipinski definition) is 2. The summed E-state index contributed by atoms with van der Waals surface area (Å²) in [7, 11) is 1.40. The maximum absolute atomic E-state index is 13.0. The van der Waals surface area contributed by atoms with Crippen molar-refractivity contribution in [3.63, 3.8) is 0 Å². The molecule has 0 fully saturated rings. The maximum atomic E-state index is 13.0. The van der Waals surface area contributed by atoms with Crippen LogP contribution in [-0.2, 0) is 6.18 Å². The van der Waals surface area contributed by atoms with E-state index in [0.29, 0.717) is 11.5 Å². The van der Waals surface area contributed by atoms with Crippen molar-refractivity contribution in [2.45, 2.75) is 26.1 Å². The molecule has 0 aliphatic carbocycles. The van der Waals surface area contributed by atoms with E-state index < -0.39 is 29.1 Å². The molecule has 0 aliphatic heterocycles. The molecule has 2 N–H and O–H groups in total. The Balaban J connectivity index is 2.11. The number of rotatable bonds is 5. The molecule has 9 heteroatoms. The van der Waals surface area contributed by atoms with Crippen molar-refractivity contribution in [2.24, 2.45) is 0 Å². The summed E-state index contributed by atoms with van der Waals surface area (Å²) in [6.45, 7) is 3.66. The quantitative estimate of drug-likeness (QED) is 0.758. The third-order valence-corrected chi connectivity index (χ3v) is 3.56. The van der Waals surface area contributed by atoms with Gasteiger partial charge in [-0.05, 0) is 44.2 Å². The lowest BCUT2D eigenvalue weighted by Gasteiger charge is -2.15. The van der Waals surface area contributed by atoms with Gasteiger partial charge in [0.15, 0.2) is 11.5 Å². The summed E-state index contributed by atoms with van der Waals surface area (Å²) in [6.07, 6.45) is -4.81. The second kappa shape index (κ2) is 8.64. The third-order valence-electron chi connectivity index (χ3n) is 3.56. The zero-order valence-electron chi connectivity index (χ0n) is 15.4. The zero-order chi connectivity index (χ0) is 20.9. The second-order valence-electron chi connectivity index (χ2n) is 5.98. The fraction of sp³-hybridized carbons (Fsp3) is 0.263. The third kappa shape index (κ3) is 5.15. The van der Waals surface area contributed by atoms with Crippen LogP contribution in [0, 0.1) is 0 Å². The van der Waals surface area contributed by atoms with Crippen LogP contribution in [0.2, 0.25) is 0 Å². The molecule has 0 radical (unpaired) electrons. The topological polar surface area (TPSA) is 76.7 Å². The van der Waals surface area contributed by atoms with Crippen molar-refractivity contribution in [3.8, 4) is 11.5 Å². The average Bonchev–Trinajstić information content (AvgIpc) is 2.65. The molecule has 0 unspecified atom stereocenters. The molecule has 2 amide bonds. The van der Waals surface area contributed by atoms with Crippen LogP contribution >= 0.6 is 0 Å². The van der Waals surface area contributed by atoms with Crippen molar-refractivity contribution in [1.29, 1.82) is 0 Å². The molecule has 0 spiro atoms. The number of amides is 2. The van der Waals surface area contributed by atoms with Gasteiger partial charge in [-0.25, -0.2) is 0 Å². The van der Waals surface area contributed by atoms with Gasteiger partial charge in [-0.3, -0.25) is 20.4 Å². The molecule has 0 aliphatic rings. The van der Waals surface area contributed by atoms with E-state index >= 15 is 0 Å². The predicted octanol–water partition coefficient (Wildman–Crippen LogP) is 3.58. The summed E-state index contributed by atoms with van der Waals surface area (Å²) in [5.74, 6) is -1.09. The summed E-state index contributed by atoms with van der Waals surface area (Å²) < 4.78 is 49.7. The van der Waals surface area contributed by atoms with Gasteiger partial charge in [0.2, 0.25) is 0 Å². The number of hydrazine groups is 1. The normalized spacial score (nSPS) is 11.1. The molecular formula is C19H19F3N2O4. The summed E-state index contributed by atoms with van der Waals surface area (Å²) in [4.78, 5) is 24.3. The van der Waals surface area contributed by atoms with Crippen LogP contribution in [0.5, 0.6) is 11.5 Å². The lowest BCUT2D eigenvalue weighted by Crippen LogP contribution is -2.42. The molecule has 2 rings (SSSR count). The minimum Gasteiger partial charge on any atom is -0.493 e. The van der Waals surface area contributed by atoms with Crippen LogP contribution in [0.15, 0.2) is 42.5 Å². The van der Waals surface area contributed by atoms with Gasteiger partial charge in [-0.1, -0.05) is 12.1 Å². The van der Waals surface area contributed by atoms with Crippen molar-refractivity contribution in [1.82, 2.24) is 10.9 Å². The Morgan fingerprint density at radius 3 is 2.21 bits per heavy atom. The van der Waals surface area contributed by atoms with E-state index in [1.165, 1.54) is 37.4 Å². The smallest absolute Gasteiger partial charge is 0.417 e. The number of alkyl halides is 3. The molecule has 0 atom stereocenters. The molecule has 2 aromatic rings. The minimum atomic E-state index is -4.70. The first-order chi connectivity index (χ1) is 13.1. The monoisotopic (exact) mass is 396 g/mol. The first-order valence-electron chi connectivity index (χ1n) is 8.25. The Bertz CT molecular complexity index is 866. The van der Waals surface area contributed by atoms with E-state index in [1.807, 2.05) is 19.3 Å².